The second-order valence-corrected chi connectivity index (χ2v) is 4.85. The van der Waals surface area contributed by atoms with Crippen molar-refractivity contribution in [1.82, 2.24) is 5.32 Å². The molecule has 1 aliphatic rings. The first kappa shape index (κ1) is 11.5. The van der Waals surface area contributed by atoms with Crippen LogP contribution in [0.25, 0.3) is 0 Å². The van der Waals surface area contributed by atoms with Gasteiger partial charge in [-0.3, -0.25) is 4.79 Å². The molecule has 2 atom stereocenters. The van der Waals surface area contributed by atoms with Crippen molar-refractivity contribution in [1.29, 1.82) is 0 Å². The molecule has 1 saturated heterocycles. The summed E-state index contributed by atoms with van der Waals surface area (Å²) < 4.78 is 5.40. The third kappa shape index (κ3) is 2.69. The van der Waals surface area contributed by atoms with Gasteiger partial charge in [0.15, 0.2) is 0 Å². The van der Waals surface area contributed by atoms with E-state index in [0.717, 1.165) is 13.1 Å². The number of ether oxygens (including phenoxy) is 1. The van der Waals surface area contributed by atoms with Crippen molar-refractivity contribution in [3.05, 3.63) is 0 Å². The van der Waals surface area contributed by atoms with E-state index < -0.39 is 5.41 Å². The molecular formula is C10H20N2O2. The SMILES string of the molecule is CC(C)(C)C(=O)OC1CNCC1CN. The van der Waals surface area contributed by atoms with Gasteiger partial charge in [-0.15, -0.1) is 0 Å². The lowest BCUT2D eigenvalue weighted by molar-refractivity contribution is -0.159. The van der Waals surface area contributed by atoms with Crippen molar-refractivity contribution in [2.24, 2.45) is 17.1 Å². The fourth-order valence-electron chi connectivity index (χ4n) is 1.40. The second kappa shape index (κ2) is 4.28. The van der Waals surface area contributed by atoms with Crippen molar-refractivity contribution in [2.75, 3.05) is 19.6 Å². The number of esters is 1. The zero-order chi connectivity index (χ0) is 10.8. The van der Waals surface area contributed by atoms with Crippen LogP contribution in [0.1, 0.15) is 20.8 Å². The zero-order valence-electron chi connectivity index (χ0n) is 9.17. The van der Waals surface area contributed by atoms with Gasteiger partial charge in [-0.05, 0) is 27.3 Å². The quantitative estimate of drug-likeness (QED) is 0.622. The first-order chi connectivity index (χ1) is 6.45. The highest BCUT2D eigenvalue weighted by Crippen LogP contribution is 2.20. The minimum atomic E-state index is -0.429. The van der Waals surface area contributed by atoms with Crippen LogP contribution >= 0.6 is 0 Å². The largest absolute Gasteiger partial charge is 0.460 e. The summed E-state index contributed by atoms with van der Waals surface area (Å²) in [6.07, 6.45) is -0.0493. The van der Waals surface area contributed by atoms with Gasteiger partial charge in [-0.25, -0.2) is 0 Å². The highest BCUT2D eigenvalue weighted by molar-refractivity contribution is 5.75. The number of hydrogen-bond donors (Lipinski definition) is 2. The molecule has 1 fully saturated rings. The van der Waals surface area contributed by atoms with Crippen LogP contribution in [0, 0.1) is 11.3 Å². The molecule has 2 unspecified atom stereocenters. The predicted molar refractivity (Wildman–Crippen MR) is 54.7 cm³/mol. The maximum absolute atomic E-state index is 11.6. The van der Waals surface area contributed by atoms with Gasteiger partial charge in [-0.2, -0.15) is 0 Å². The van der Waals surface area contributed by atoms with E-state index in [9.17, 15) is 4.79 Å². The summed E-state index contributed by atoms with van der Waals surface area (Å²) in [5.74, 6) is 0.117. The number of hydrogen-bond acceptors (Lipinski definition) is 4. The second-order valence-electron chi connectivity index (χ2n) is 4.85. The molecule has 0 aromatic carbocycles. The summed E-state index contributed by atoms with van der Waals surface area (Å²) in [5.41, 5.74) is 5.15. The van der Waals surface area contributed by atoms with Gasteiger partial charge in [0.1, 0.15) is 6.10 Å². The zero-order valence-corrected chi connectivity index (χ0v) is 9.17. The summed E-state index contributed by atoms with van der Waals surface area (Å²) in [5, 5.41) is 3.17. The van der Waals surface area contributed by atoms with E-state index in [-0.39, 0.29) is 18.0 Å². The Morgan fingerprint density at radius 2 is 2.14 bits per heavy atom. The number of rotatable bonds is 2. The topological polar surface area (TPSA) is 64.3 Å². The van der Waals surface area contributed by atoms with Crippen molar-refractivity contribution < 1.29 is 9.53 Å². The molecule has 0 saturated carbocycles. The Morgan fingerprint density at radius 1 is 1.50 bits per heavy atom. The molecule has 0 aromatic rings. The average Bonchev–Trinajstić information content (AvgIpc) is 2.50. The maximum atomic E-state index is 11.6. The van der Waals surface area contributed by atoms with Gasteiger partial charge >= 0.3 is 5.97 Å². The molecule has 1 rings (SSSR count). The number of nitrogens with one attached hydrogen (secondary N) is 1. The number of nitrogens with two attached hydrogens (primary N) is 1. The van der Waals surface area contributed by atoms with Gasteiger partial charge in [0.25, 0.3) is 0 Å². The van der Waals surface area contributed by atoms with E-state index >= 15 is 0 Å². The normalized spacial score (nSPS) is 27.7. The molecule has 4 heteroatoms. The van der Waals surface area contributed by atoms with Crippen LogP contribution < -0.4 is 11.1 Å². The van der Waals surface area contributed by atoms with Gasteiger partial charge in [0.05, 0.1) is 5.41 Å². The average molecular weight is 200 g/mol. The Morgan fingerprint density at radius 3 is 2.64 bits per heavy atom. The maximum Gasteiger partial charge on any atom is 0.311 e. The predicted octanol–water partition coefficient (Wildman–Crippen LogP) is 0.122. The Bertz CT molecular complexity index is 211. The Kier molecular flexibility index (Phi) is 3.50. The molecular weight excluding hydrogens is 180 g/mol. The molecule has 1 aliphatic heterocycles. The minimum Gasteiger partial charge on any atom is -0.460 e. The molecule has 0 radical (unpaired) electrons. The summed E-state index contributed by atoms with van der Waals surface area (Å²) in [6.45, 7) is 7.71. The first-order valence-corrected chi connectivity index (χ1v) is 5.07. The van der Waals surface area contributed by atoms with Gasteiger partial charge in [0, 0.05) is 19.0 Å². The van der Waals surface area contributed by atoms with Crippen molar-refractivity contribution in [2.45, 2.75) is 26.9 Å². The highest BCUT2D eigenvalue weighted by atomic mass is 16.5. The third-order valence-corrected chi connectivity index (χ3v) is 2.45. The van der Waals surface area contributed by atoms with Crippen LogP contribution in [0.3, 0.4) is 0 Å². The molecule has 0 spiro atoms. The molecule has 0 bridgehead atoms. The van der Waals surface area contributed by atoms with Gasteiger partial charge in [0.2, 0.25) is 0 Å². The molecule has 1 heterocycles. The molecule has 0 amide bonds. The fraction of sp³-hybridized carbons (Fsp3) is 0.900. The van der Waals surface area contributed by atoms with Gasteiger partial charge < -0.3 is 15.8 Å². The third-order valence-electron chi connectivity index (χ3n) is 2.45. The fourth-order valence-corrected chi connectivity index (χ4v) is 1.40. The van der Waals surface area contributed by atoms with Crippen LogP contribution in [0.15, 0.2) is 0 Å². The van der Waals surface area contributed by atoms with Crippen molar-refractivity contribution >= 4 is 5.97 Å². The summed E-state index contributed by atoms with van der Waals surface area (Å²) in [7, 11) is 0. The van der Waals surface area contributed by atoms with Gasteiger partial charge in [-0.1, -0.05) is 0 Å². The Labute approximate surface area is 85.2 Å². The van der Waals surface area contributed by atoms with Crippen molar-refractivity contribution in [3.8, 4) is 0 Å². The Balaban J connectivity index is 2.48. The minimum absolute atomic E-state index is 0.0493. The van der Waals surface area contributed by atoms with Crippen molar-refractivity contribution in [3.63, 3.8) is 0 Å². The van der Waals surface area contributed by atoms with E-state index in [1.807, 2.05) is 20.8 Å². The van der Waals surface area contributed by atoms with Crippen LogP contribution in [-0.2, 0) is 9.53 Å². The Hall–Kier alpha value is -0.610. The van der Waals surface area contributed by atoms with E-state index in [0.29, 0.717) is 6.54 Å². The van der Waals surface area contributed by atoms with Crippen LogP contribution in [-0.4, -0.2) is 31.7 Å². The monoisotopic (exact) mass is 200 g/mol. The van der Waals surface area contributed by atoms with Crippen LogP contribution in [0.2, 0.25) is 0 Å². The van der Waals surface area contributed by atoms with Crippen LogP contribution in [0.5, 0.6) is 0 Å². The molecule has 4 nitrogen and oxygen atoms in total. The summed E-state index contributed by atoms with van der Waals surface area (Å²) >= 11 is 0. The molecule has 14 heavy (non-hydrogen) atoms. The summed E-state index contributed by atoms with van der Waals surface area (Å²) in [4.78, 5) is 11.6. The smallest absolute Gasteiger partial charge is 0.311 e. The number of carbonyl (C=O) groups excluding carboxylic acids is 1. The lowest BCUT2D eigenvalue weighted by atomic mass is 9.97. The van der Waals surface area contributed by atoms with E-state index in [1.165, 1.54) is 0 Å². The van der Waals surface area contributed by atoms with E-state index in [1.54, 1.807) is 0 Å². The highest BCUT2D eigenvalue weighted by Gasteiger charge is 2.32. The molecule has 0 aromatic heterocycles. The lowest BCUT2D eigenvalue weighted by Gasteiger charge is -2.23. The molecule has 3 N–H and O–H groups in total. The molecule has 0 aliphatic carbocycles. The lowest BCUT2D eigenvalue weighted by Crippen LogP contribution is -2.35. The standard InChI is InChI=1S/C10H20N2O2/c1-10(2,3)9(13)14-8-6-12-5-7(8)4-11/h7-8,12H,4-6,11H2,1-3H3. The number of carbonyl (C=O) groups is 1. The molecule has 82 valence electrons. The van der Waals surface area contributed by atoms with Crippen LogP contribution in [0.4, 0.5) is 0 Å². The summed E-state index contributed by atoms with van der Waals surface area (Å²) in [6, 6.07) is 0. The van der Waals surface area contributed by atoms with E-state index in [2.05, 4.69) is 5.32 Å². The first-order valence-electron chi connectivity index (χ1n) is 5.07. The van der Waals surface area contributed by atoms with E-state index in [4.69, 9.17) is 10.5 Å².